The Balaban J connectivity index is 1.51. The molecule has 132 valence electrons. The minimum absolute atomic E-state index is 0.162. The number of amides is 1. The molecule has 2 aliphatic rings. The lowest BCUT2D eigenvalue weighted by atomic mass is 9.96. The summed E-state index contributed by atoms with van der Waals surface area (Å²) in [5, 5.41) is 0. The number of rotatable bonds is 5. The van der Waals surface area contributed by atoms with Gasteiger partial charge in [-0.2, -0.15) is 0 Å². The van der Waals surface area contributed by atoms with Gasteiger partial charge in [0, 0.05) is 42.8 Å². The summed E-state index contributed by atoms with van der Waals surface area (Å²) in [6.07, 6.45) is 10.9. The minimum Gasteiger partial charge on any atom is -0.338 e. The molecule has 1 aromatic heterocycles. The summed E-state index contributed by atoms with van der Waals surface area (Å²) in [7, 11) is 0. The first-order valence-electron chi connectivity index (χ1n) is 9.19. The van der Waals surface area contributed by atoms with E-state index in [1.807, 2.05) is 41.6 Å². The van der Waals surface area contributed by atoms with E-state index in [0.29, 0.717) is 5.92 Å². The molecular weight excluding hydrogens is 330 g/mol. The zero-order valence-electron chi connectivity index (χ0n) is 14.7. The molecule has 0 radical (unpaired) electrons. The van der Waals surface area contributed by atoms with Gasteiger partial charge in [0.25, 0.3) is 5.91 Å². The van der Waals surface area contributed by atoms with E-state index < -0.39 is 0 Å². The molecule has 4 rings (SSSR count). The van der Waals surface area contributed by atoms with Crippen molar-refractivity contribution in [3.63, 3.8) is 0 Å². The zero-order chi connectivity index (χ0) is 17.2. The quantitative estimate of drug-likeness (QED) is 0.760. The number of imidazole rings is 1. The number of benzene rings is 1. The van der Waals surface area contributed by atoms with E-state index in [4.69, 9.17) is 0 Å². The molecule has 0 N–H and O–H groups in total. The summed E-state index contributed by atoms with van der Waals surface area (Å²) >= 11 is 1.64. The Morgan fingerprint density at radius 2 is 2.12 bits per heavy atom. The van der Waals surface area contributed by atoms with E-state index in [0.717, 1.165) is 48.9 Å². The van der Waals surface area contributed by atoms with Gasteiger partial charge in [0.1, 0.15) is 5.82 Å². The molecular formula is C20H25N3OS. The van der Waals surface area contributed by atoms with Gasteiger partial charge >= 0.3 is 0 Å². The van der Waals surface area contributed by atoms with Crippen molar-refractivity contribution in [2.24, 2.45) is 5.92 Å². The van der Waals surface area contributed by atoms with E-state index in [1.54, 1.807) is 11.8 Å². The molecule has 1 amide bonds. The zero-order valence-corrected chi connectivity index (χ0v) is 15.5. The Kier molecular flexibility index (Phi) is 4.84. The van der Waals surface area contributed by atoms with Gasteiger partial charge in [-0.05, 0) is 50.0 Å². The van der Waals surface area contributed by atoms with Crippen LogP contribution in [-0.4, -0.2) is 39.7 Å². The van der Waals surface area contributed by atoms with Crippen LogP contribution in [0.1, 0.15) is 47.8 Å². The summed E-state index contributed by atoms with van der Waals surface area (Å²) in [4.78, 5) is 20.8. The second-order valence-electron chi connectivity index (χ2n) is 7.17. The fourth-order valence-corrected chi connectivity index (χ4v) is 4.37. The van der Waals surface area contributed by atoms with Crippen LogP contribution in [0, 0.1) is 5.92 Å². The van der Waals surface area contributed by atoms with Gasteiger partial charge in [0.05, 0.1) is 5.56 Å². The number of aromatic nitrogens is 2. The van der Waals surface area contributed by atoms with Crippen LogP contribution in [0.4, 0.5) is 0 Å². The highest BCUT2D eigenvalue weighted by Gasteiger charge is 2.30. The third-order valence-corrected chi connectivity index (χ3v) is 6.11. The molecule has 5 heteroatoms. The molecule has 0 bridgehead atoms. The normalized spacial score (nSPS) is 20.7. The maximum atomic E-state index is 13.1. The van der Waals surface area contributed by atoms with Crippen LogP contribution < -0.4 is 0 Å². The van der Waals surface area contributed by atoms with Crippen LogP contribution in [0.5, 0.6) is 0 Å². The van der Waals surface area contributed by atoms with Crippen molar-refractivity contribution in [2.75, 3.05) is 19.3 Å². The van der Waals surface area contributed by atoms with Crippen molar-refractivity contribution in [2.45, 2.75) is 43.0 Å². The van der Waals surface area contributed by atoms with E-state index in [2.05, 4.69) is 15.7 Å². The van der Waals surface area contributed by atoms with E-state index >= 15 is 0 Å². The topological polar surface area (TPSA) is 38.1 Å². The lowest BCUT2D eigenvalue weighted by Gasteiger charge is -2.33. The van der Waals surface area contributed by atoms with Crippen LogP contribution in [-0.2, 0) is 6.54 Å². The molecule has 25 heavy (non-hydrogen) atoms. The second-order valence-corrected chi connectivity index (χ2v) is 8.02. The average Bonchev–Trinajstić information content (AvgIpc) is 3.36. The van der Waals surface area contributed by atoms with Gasteiger partial charge in [-0.15, -0.1) is 11.8 Å². The third kappa shape index (κ3) is 3.61. The first-order valence-corrected chi connectivity index (χ1v) is 10.4. The number of carbonyl (C=O) groups excluding carboxylic acids is 1. The van der Waals surface area contributed by atoms with Crippen molar-refractivity contribution in [1.82, 2.24) is 14.5 Å². The molecule has 1 saturated heterocycles. The molecule has 2 heterocycles. The second kappa shape index (κ2) is 7.24. The molecule has 1 saturated carbocycles. The first-order chi connectivity index (χ1) is 12.3. The van der Waals surface area contributed by atoms with E-state index in [9.17, 15) is 4.79 Å². The van der Waals surface area contributed by atoms with Gasteiger partial charge < -0.3 is 9.47 Å². The molecule has 0 unspecified atom stereocenters. The molecule has 2 fully saturated rings. The summed E-state index contributed by atoms with van der Waals surface area (Å²) in [6.45, 7) is 2.72. The summed E-state index contributed by atoms with van der Waals surface area (Å²) in [6, 6.07) is 7.93. The standard InChI is InChI=1S/C20H25N3OS/c1-25-18-7-3-2-6-17(18)20(24)23-11-4-5-16(14-23)19-21-10-12-22(19)13-15-8-9-15/h2-3,6-7,10,12,15-16H,4-5,8-9,11,13-14H2,1H3/t16-/m1/s1. The summed E-state index contributed by atoms with van der Waals surface area (Å²) < 4.78 is 2.33. The van der Waals surface area contributed by atoms with Crippen LogP contribution in [0.25, 0.3) is 0 Å². The van der Waals surface area contributed by atoms with Crippen molar-refractivity contribution < 1.29 is 4.79 Å². The van der Waals surface area contributed by atoms with Crippen molar-refractivity contribution in [3.8, 4) is 0 Å². The number of nitrogens with zero attached hydrogens (tertiary/aromatic N) is 3. The molecule has 1 aromatic carbocycles. The monoisotopic (exact) mass is 355 g/mol. The first kappa shape index (κ1) is 16.7. The molecule has 1 aliphatic heterocycles. The Morgan fingerprint density at radius 3 is 2.92 bits per heavy atom. The van der Waals surface area contributed by atoms with Crippen molar-refractivity contribution in [1.29, 1.82) is 0 Å². The Hall–Kier alpha value is -1.75. The van der Waals surface area contributed by atoms with Crippen LogP contribution in [0.3, 0.4) is 0 Å². The fourth-order valence-electron chi connectivity index (χ4n) is 3.78. The summed E-state index contributed by atoms with van der Waals surface area (Å²) in [5.74, 6) is 2.52. The third-order valence-electron chi connectivity index (χ3n) is 5.31. The maximum Gasteiger partial charge on any atom is 0.255 e. The Morgan fingerprint density at radius 1 is 1.28 bits per heavy atom. The highest BCUT2D eigenvalue weighted by Crippen LogP contribution is 2.33. The van der Waals surface area contributed by atoms with E-state index in [-0.39, 0.29) is 5.91 Å². The minimum atomic E-state index is 0.162. The highest BCUT2D eigenvalue weighted by atomic mass is 32.2. The van der Waals surface area contributed by atoms with Gasteiger partial charge in [0.15, 0.2) is 0 Å². The van der Waals surface area contributed by atoms with Crippen LogP contribution in [0.15, 0.2) is 41.6 Å². The lowest BCUT2D eigenvalue weighted by molar-refractivity contribution is 0.0699. The van der Waals surface area contributed by atoms with Crippen molar-refractivity contribution >= 4 is 17.7 Å². The van der Waals surface area contributed by atoms with E-state index in [1.165, 1.54) is 18.7 Å². The molecule has 1 aliphatic carbocycles. The number of hydrogen-bond acceptors (Lipinski definition) is 3. The number of hydrogen-bond donors (Lipinski definition) is 0. The number of thioether (sulfide) groups is 1. The fraction of sp³-hybridized carbons (Fsp3) is 0.500. The predicted octanol–water partition coefficient (Wildman–Crippen LogP) is 4.03. The lowest BCUT2D eigenvalue weighted by Crippen LogP contribution is -2.40. The molecule has 0 spiro atoms. The Bertz CT molecular complexity index is 753. The maximum absolute atomic E-state index is 13.1. The van der Waals surface area contributed by atoms with Gasteiger partial charge in [-0.1, -0.05) is 12.1 Å². The SMILES string of the molecule is CSc1ccccc1C(=O)N1CCC[C@@H](c2nccn2CC2CC2)C1. The Labute approximate surface area is 153 Å². The summed E-state index contributed by atoms with van der Waals surface area (Å²) in [5.41, 5.74) is 0.831. The smallest absolute Gasteiger partial charge is 0.255 e. The molecule has 2 aromatic rings. The predicted molar refractivity (Wildman–Crippen MR) is 101 cm³/mol. The van der Waals surface area contributed by atoms with Gasteiger partial charge in [-0.3, -0.25) is 4.79 Å². The van der Waals surface area contributed by atoms with Gasteiger partial charge in [0.2, 0.25) is 0 Å². The molecule has 4 nitrogen and oxygen atoms in total. The molecule has 1 atom stereocenters. The van der Waals surface area contributed by atoms with Gasteiger partial charge in [-0.25, -0.2) is 4.98 Å². The number of carbonyl (C=O) groups is 1. The van der Waals surface area contributed by atoms with Crippen LogP contribution >= 0.6 is 11.8 Å². The average molecular weight is 356 g/mol. The largest absolute Gasteiger partial charge is 0.338 e. The highest BCUT2D eigenvalue weighted by molar-refractivity contribution is 7.98. The van der Waals surface area contributed by atoms with Crippen LogP contribution in [0.2, 0.25) is 0 Å². The number of piperidine rings is 1. The number of likely N-dealkylation sites (tertiary alicyclic amines) is 1. The van der Waals surface area contributed by atoms with Crippen molar-refractivity contribution in [3.05, 3.63) is 48.0 Å².